The van der Waals surface area contributed by atoms with E-state index in [1.807, 2.05) is 0 Å². The number of nitrogens with one attached hydrogen (secondary N) is 1. The van der Waals surface area contributed by atoms with Gasteiger partial charge in [-0.25, -0.2) is 4.79 Å². The molecule has 0 aromatic heterocycles. The van der Waals surface area contributed by atoms with E-state index in [0.717, 1.165) is 80.6 Å². The predicted octanol–water partition coefficient (Wildman–Crippen LogP) is 8.64. The maximum absolute atomic E-state index is 12.4. The number of allylic oxidation sites excluding steroid dienone is 1. The second-order valence-corrected chi connectivity index (χ2v) is 14.7. The van der Waals surface area contributed by atoms with Gasteiger partial charge in [-0.3, -0.25) is 0 Å². The van der Waals surface area contributed by atoms with Crippen LogP contribution in [0.2, 0.25) is 0 Å². The van der Waals surface area contributed by atoms with Crippen molar-refractivity contribution in [1.82, 2.24) is 5.32 Å². The van der Waals surface area contributed by atoms with Crippen LogP contribution in [0.15, 0.2) is 11.6 Å². The molecule has 218 valence electrons. The van der Waals surface area contributed by atoms with Crippen LogP contribution in [-0.2, 0) is 4.74 Å². The summed E-state index contributed by atoms with van der Waals surface area (Å²) in [4.78, 5) is 12.4. The molecular weight excluding hydrogens is 468 g/mol. The fourth-order valence-electron chi connectivity index (χ4n) is 9.76. The maximum atomic E-state index is 12.4. The van der Waals surface area contributed by atoms with E-state index >= 15 is 0 Å². The number of carbonyl (C=O) groups excluding carboxylic acids is 1. The number of nitrogens with two attached hydrogens (primary N) is 1. The molecule has 0 heterocycles. The van der Waals surface area contributed by atoms with Gasteiger partial charge in [0, 0.05) is 13.0 Å². The highest BCUT2D eigenvalue weighted by Gasteiger charge is 2.59. The van der Waals surface area contributed by atoms with Crippen LogP contribution in [0.5, 0.6) is 0 Å². The minimum absolute atomic E-state index is 0.0412. The van der Waals surface area contributed by atoms with Crippen molar-refractivity contribution in [3.63, 3.8) is 0 Å². The van der Waals surface area contributed by atoms with E-state index in [4.69, 9.17) is 10.5 Å². The highest BCUT2D eigenvalue weighted by atomic mass is 16.6. The maximum Gasteiger partial charge on any atom is 0.407 e. The lowest BCUT2D eigenvalue weighted by atomic mass is 9.47. The first-order valence-corrected chi connectivity index (χ1v) is 16.5. The van der Waals surface area contributed by atoms with Crippen LogP contribution in [0, 0.1) is 46.3 Å². The fraction of sp³-hybridized carbons (Fsp3) is 0.912. The topological polar surface area (TPSA) is 64.3 Å². The smallest absolute Gasteiger partial charge is 0.407 e. The van der Waals surface area contributed by atoms with Crippen molar-refractivity contribution < 1.29 is 9.53 Å². The number of fused-ring (bicyclic) bond motifs is 5. The summed E-state index contributed by atoms with van der Waals surface area (Å²) in [5, 5.41) is 2.98. The molecule has 3 N–H and O–H groups in total. The van der Waals surface area contributed by atoms with E-state index in [0.29, 0.717) is 17.4 Å². The molecule has 0 spiro atoms. The molecule has 0 saturated heterocycles. The Hall–Kier alpha value is -1.03. The Morgan fingerprint density at radius 2 is 1.79 bits per heavy atom. The fourth-order valence-corrected chi connectivity index (χ4v) is 9.76. The highest BCUT2D eigenvalue weighted by Crippen LogP contribution is 2.67. The molecule has 0 bridgehead atoms. The van der Waals surface area contributed by atoms with Crippen molar-refractivity contribution in [1.29, 1.82) is 0 Å². The lowest BCUT2D eigenvalue weighted by Gasteiger charge is -2.58. The van der Waals surface area contributed by atoms with Crippen LogP contribution < -0.4 is 11.1 Å². The van der Waals surface area contributed by atoms with Crippen LogP contribution in [0.3, 0.4) is 0 Å². The monoisotopic (exact) mass is 528 g/mol. The molecule has 4 rings (SSSR count). The van der Waals surface area contributed by atoms with Gasteiger partial charge in [0.05, 0.1) is 0 Å². The van der Waals surface area contributed by atoms with E-state index in [9.17, 15) is 4.79 Å². The molecule has 3 saturated carbocycles. The third kappa shape index (κ3) is 6.47. The van der Waals surface area contributed by atoms with E-state index in [1.165, 1.54) is 57.8 Å². The molecule has 1 amide bonds. The van der Waals surface area contributed by atoms with Crippen molar-refractivity contribution in [2.45, 2.75) is 137 Å². The summed E-state index contributed by atoms with van der Waals surface area (Å²) in [7, 11) is 0. The van der Waals surface area contributed by atoms with Crippen molar-refractivity contribution in [3.8, 4) is 0 Å². The van der Waals surface area contributed by atoms with Crippen LogP contribution in [0.1, 0.15) is 131 Å². The Morgan fingerprint density at radius 3 is 2.55 bits per heavy atom. The van der Waals surface area contributed by atoms with Crippen molar-refractivity contribution in [2.75, 3.05) is 13.1 Å². The van der Waals surface area contributed by atoms with E-state index < -0.39 is 0 Å². The van der Waals surface area contributed by atoms with Crippen molar-refractivity contribution >= 4 is 6.09 Å². The molecule has 4 nitrogen and oxygen atoms in total. The van der Waals surface area contributed by atoms with Crippen LogP contribution in [0.4, 0.5) is 4.79 Å². The number of hydrogen-bond donors (Lipinski definition) is 2. The molecule has 4 heteroatoms. The van der Waals surface area contributed by atoms with Gasteiger partial charge in [0.15, 0.2) is 0 Å². The van der Waals surface area contributed by atoms with Crippen molar-refractivity contribution in [3.05, 3.63) is 11.6 Å². The Balaban J connectivity index is 1.31. The van der Waals surface area contributed by atoms with Gasteiger partial charge in [-0.1, -0.05) is 78.4 Å². The first kappa shape index (κ1) is 29.9. The van der Waals surface area contributed by atoms with Crippen LogP contribution in [-0.4, -0.2) is 25.3 Å². The number of amides is 1. The second-order valence-electron chi connectivity index (χ2n) is 14.7. The minimum Gasteiger partial charge on any atom is -0.446 e. The Morgan fingerprint density at radius 1 is 1.00 bits per heavy atom. The number of unbranched alkanes of at least 4 members (excludes halogenated alkanes) is 3. The molecule has 0 radical (unpaired) electrons. The molecule has 0 unspecified atom stereocenters. The zero-order chi connectivity index (χ0) is 27.3. The third-order valence-electron chi connectivity index (χ3n) is 11.9. The number of hydrogen-bond acceptors (Lipinski definition) is 3. The summed E-state index contributed by atoms with van der Waals surface area (Å²) >= 11 is 0. The normalized spacial score (nSPS) is 37.1. The van der Waals surface area contributed by atoms with Gasteiger partial charge in [-0.15, -0.1) is 0 Å². The van der Waals surface area contributed by atoms with Crippen molar-refractivity contribution in [2.24, 2.45) is 52.1 Å². The van der Waals surface area contributed by atoms with E-state index in [1.54, 1.807) is 5.57 Å². The average molecular weight is 529 g/mol. The molecule has 4 aliphatic carbocycles. The molecule has 0 aromatic rings. The summed E-state index contributed by atoms with van der Waals surface area (Å²) in [5.41, 5.74) is 8.02. The molecule has 4 aliphatic rings. The predicted molar refractivity (Wildman–Crippen MR) is 159 cm³/mol. The zero-order valence-electron chi connectivity index (χ0n) is 25.5. The molecule has 0 aliphatic heterocycles. The van der Waals surface area contributed by atoms with Gasteiger partial charge >= 0.3 is 6.09 Å². The zero-order valence-corrected chi connectivity index (χ0v) is 25.5. The lowest BCUT2D eigenvalue weighted by Crippen LogP contribution is -2.51. The lowest BCUT2D eigenvalue weighted by molar-refractivity contribution is -0.0581. The standard InChI is InChI=1S/C34H60N2O2/c1-24(2)11-10-12-25(3)29-15-16-30-28-14-13-26-23-27(38-32(37)36-22-9-7-6-8-21-35)17-19-33(26,4)31(28)18-20-34(29,30)5/h13,24-25,27-31H,6-12,14-23,35H2,1-5H3,(H,36,37)/t25-,27+,28+,29-,30+,31+,33+,34-/m1/s1. The molecular formula is C34H60N2O2. The van der Waals surface area contributed by atoms with Crippen LogP contribution >= 0.6 is 0 Å². The van der Waals surface area contributed by atoms with E-state index in [-0.39, 0.29) is 12.2 Å². The largest absolute Gasteiger partial charge is 0.446 e. The number of carbonyl (C=O) groups is 1. The SMILES string of the molecule is CC(C)CCC[C@@H](C)[C@H]1CC[C@H]2[C@@H]3CC=C4C[C@@H](OC(=O)NCCCCCCN)CC[C@]4(C)[C@H]3CC[C@]12C. The Kier molecular flexibility index (Phi) is 10.3. The number of rotatable bonds is 12. The second kappa shape index (κ2) is 13.1. The minimum atomic E-state index is -0.223. The first-order chi connectivity index (χ1) is 18.2. The summed E-state index contributed by atoms with van der Waals surface area (Å²) < 4.78 is 5.91. The van der Waals surface area contributed by atoms with Crippen LogP contribution in [0.25, 0.3) is 0 Å². The van der Waals surface area contributed by atoms with Gasteiger partial charge in [0.1, 0.15) is 6.10 Å². The van der Waals surface area contributed by atoms with Gasteiger partial charge in [0.25, 0.3) is 0 Å². The Labute approximate surface area is 234 Å². The summed E-state index contributed by atoms with van der Waals surface area (Å²) in [5.74, 6) is 5.20. The molecule has 3 fully saturated rings. The summed E-state index contributed by atoms with van der Waals surface area (Å²) in [6.07, 6.45) is 21.1. The highest BCUT2D eigenvalue weighted by molar-refractivity contribution is 5.67. The third-order valence-corrected chi connectivity index (χ3v) is 11.9. The summed E-state index contributed by atoms with van der Waals surface area (Å²) in [6.45, 7) is 14.0. The van der Waals surface area contributed by atoms with Gasteiger partial charge < -0.3 is 15.8 Å². The average Bonchev–Trinajstić information content (AvgIpc) is 3.23. The van der Waals surface area contributed by atoms with Gasteiger partial charge in [-0.05, 0) is 111 Å². The Bertz CT molecular complexity index is 808. The van der Waals surface area contributed by atoms with Gasteiger partial charge in [0.2, 0.25) is 0 Å². The molecule has 8 atom stereocenters. The number of ether oxygens (including phenoxy) is 1. The molecule has 38 heavy (non-hydrogen) atoms. The first-order valence-electron chi connectivity index (χ1n) is 16.5. The molecule has 0 aromatic carbocycles. The summed E-state index contributed by atoms with van der Waals surface area (Å²) in [6, 6.07) is 0. The van der Waals surface area contributed by atoms with Gasteiger partial charge in [-0.2, -0.15) is 0 Å². The quantitative estimate of drug-likeness (QED) is 0.197. The number of alkyl carbamates (subject to hydrolysis) is 1. The van der Waals surface area contributed by atoms with E-state index in [2.05, 4.69) is 46.0 Å².